The molecule has 25 heavy (non-hydrogen) atoms. The average Bonchev–Trinajstić information content (AvgIpc) is 3.33. The molecule has 3 rings (SSSR count). The third-order valence-electron chi connectivity index (χ3n) is 2.96. The van der Waals surface area contributed by atoms with Gasteiger partial charge in [0, 0.05) is 12.4 Å². The largest absolute Gasteiger partial charge is 0.433 e. The fraction of sp³-hybridized carbons (Fsp3) is 0. The van der Waals surface area contributed by atoms with Crippen molar-refractivity contribution in [1.82, 2.24) is 24.9 Å². The van der Waals surface area contributed by atoms with Gasteiger partial charge in [-0.1, -0.05) is 0 Å². The van der Waals surface area contributed by atoms with Crippen molar-refractivity contribution in [2.75, 3.05) is 0 Å². The van der Waals surface area contributed by atoms with Crippen LogP contribution in [-0.4, -0.2) is 42.5 Å². The van der Waals surface area contributed by atoms with E-state index in [0.717, 1.165) is 12.3 Å². The smallest absolute Gasteiger partial charge is 0.400 e. The summed E-state index contributed by atoms with van der Waals surface area (Å²) in [5.41, 5.74) is 1.95. The van der Waals surface area contributed by atoms with E-state index in [2.05, 4.69) is 25.5 Å². The van der Waals surface area contributed by atoms with E-state index < -0.39 is 22.6 Å². The number of rotatable bonds is 5. The lowest BCUT2D eigenvalue weighted by Crippen LogP contribution is -2.22. The van der Waals surface area contributed by atoms with Crippen LogP contribution < -0.4 is 5.43 Å². The van der Waals surface area contributed by atoms with Gasteiger partial charge in [0.1, 0.15) is 16.9 Å². The maximum Gasteiger partial charge on any atom is 0.433 e. The highest BCUT2D eigenvalue weighted by atomic mass is 16.6. The summed E-state index contributed by atoms with van der Waals surface area (Å²) in [6.45, 7) is 0. The molecule has 126 valence electrons. The van der Waals surface area contributed by atoms with Gasteiger partial charge >= 0.3 is 5.88 Å². The lowest BCUT2D eigenvalue weighted by molar-refractivity contribution is -0.402. The number of aromatic amines is 1. The van der Waals surface area contributed by atoms with E-state index in [9.17, 15) is 19.7 Å². The highest BCUT2D eigenvalue weighted by Crippen LogP contribution is 2.13. The zero-order chi connectivity index (χ0) is 17.8. The summed E-state index contributed by atoms with van der Waals surface area (Å²) in [6.07, 6.45) is 6.40. The zero-order valence-corrected chi connectivity index (χ0v) is 12.3. The molecule has 0 aliphatic carbocycles. The fourth-order valence-electron chi connectivity index (χ4n) is 1.86. The summed E-state index contributed by atoms with van der Waals surface area (Å²) in [5, 5.41) is 14.1. The van der Waals surface area contributed by atoms with Crippen molar-refractivity contribution in [2.24, 2.45) is 5.10 Å². The van der Waals surface area contributed by atoms with E-state index >= 15 is 0 Å². The number of amides is 1. The number of imidazole rings is 2. The van der Waals surface area contributed by atoms with Gasteiger partial charge in [0.25, 0.3) is 11.8 Å². The van der Waals surface area contributed by atoms with Crippen molar-refractivity contribution in [3.05, 3.63) is 64.4 Å². The van der Waals surface area contributed by atoms with Gasteiger partial charge in [-0.2, -0.15) is 5.10 Å². The Morgan fingerprint density at radius 2 is 2.28 bits per heavy atom. The highest BCUT2D eigenvalue weighted by molar-refractivity contribution is 6.05. The van der Waals surface area contributed by atoms with Crippen LogP contribution in [0.3, 0.4) is 0 Å². The van der Waals surface area contributed by atoms with Crippen LogP contribution >= 0.6 is 0 Å². The Bertz CT molecular complexity index is 953. The summed E-state index contributed by atoms with van der Waals surface area (Å²) in [5.74, 6) is -1.65. The van der Waals surface area contributed by atoms with Crippen molar-refractivity contribution in [2.45, 2.75) is 0 Å². The first-order valence-corrected chi connectivity index (χ1v) is 6.70. The number of nitro groups is 1. The lowest BCUT2D eigenvalue weighted by atomic mass is 10.3. The van der Waals surface area contributed by atoms with E-state index in [1.165, 1.54) is 35.7 Å². The predicted octanol–water partition coefficient (Wildman–Crippen LogP) is 0.560. The fourth-order valence-corrected chi connectivity index (χ4v) is 1.86. The molecule has 0 fully saturated rings. The Kier molecular flexibility index (Phi) is 4.15. The van der Waals surface area contributed by atoms with Crippen LogP contribution in [-0.2, 0) is 0 Å². The van der Waals surface area contributed by atoms with Gasteiger partial charge in [0.05, 0.1) is 18.6 Å². The Morgan fingerprint density at radius 3 is 2.96 bits per heavy atom. The molecular formula is C13H9N7O5. The molecule has 3 aromatic heterocycles. The van der Waals surface area contributed by atoms with Crippen molar-refractivity contribution >= 4 is 23.9 Å². The lowest BCUT2D eigenvalue weighted by Gasteiger charge is -2.01. The number of hydrogen-bond donors (Lipinski definition) is 2. The average molecular weight is 343 g/mol. The molecule has 0 aliphatic heterocycles. The molecule has 0 saturated heterocycles. The maximum atomic E-state index is 12.2. The molecule has 0 bridgehead atoms. The summed E-state index contributed by atoms with van der Waals surface area (Å²) in [6, 6.07) is 2.47. The van der Waals surface area contributed by atoms with Gasteiger partial charge in [0.2, 0.25) is 0 Å². The highest BCUT2D eigenvalue weighted by Gasteiger charge is 2.21. The molecule has 0 radical (unpaired) electrons. The molecule has 0 aliphatic rings. The molecule has 0 atom stereocenters. The molecule has 3 heterocycles. The van der Waals surface area contributed by atoms with Gasteiger partial charge in [-0.05, 0) is 6.07 Å². The summed E-state index contributed by atoms with van der Waals surface area (Å²) >= 11 is 0. The van der Waals surface area contributed by atoms with Crippen molar-refractivity contribution < 1.29 is 18.9 Å². The van der Waals surface area contributed by atoms with Gasteiger partial charge in [0.15, 0.2) is 11.5 Å². The number of H-pyrrole nitrogens is 1. The van der Waals surface area contributed by atoms with Gasteiger partial charge in [-0.3, -0.25) is 24.3 Å². The summed E-state index contributed by atoms with van der Waals surface area (Å²) in [4.78, 5) is 44.2. The monoisotopic (exact) mass is 343 g/mol. The zero-order valence-electron chi connectivity index (χ0n) is 12.3. The number of hydrogen-bond acceptors (Lipinski definition) is 8. The van der Waals surface area contributed by atoms with E-state index in [0.29, 0.717) is 0 Å². The molecule has 1 amide bonds. The summed E-state index contributed by atoms with van der Waals surface area (Å²) < 4.78 is 6.02. The molecule has 12 nitrogen and oxygen atoms in total. The van der Waals surface area contributed by atoms with E-state index in [-0.39, 0.29) is 17.1 Å². The maximum absolute atomic E-state index is 12.2. The Hall–Kier alpha value is -4.09. The van der Waals surface area contributed by atoms with E-state index in [1.807, 2.05) is 0 Å². The third kappa shape index (κ3) is 3.31. The van der Waals surface area contributed by atoms with Gasteiger partial charge in [-0.15, -0.1) is 0 Å². The third-order valence-corrected chi connectivity index (χ3v) is 2.96. The molecule has 0 saturated carbocycles. The van der Waals surface area contributed by atoms with E-state index in [1.54, 1.807) is 0 Å². The Balaban J connectivity index is 1.70. The normalized spacial score (nSPS) is 10.9. The summed E-state index contributed by atoms with van der Waals surface area (Å²) in [7, 11) is 0. The standard InChI is InChI=1S/C13H9N7O5/c21-12(18-17-5-8-1-2-9(25-8)20(23)24)10-11(16-6-15-10)13(22)19-4-3-14-7-19/h1-7H,(H,15,16)(H,18,21)/b17-5+. The molecule has 2 N–H and O–H groups in total. The predicted molar refractivity (Wildman–Crippen MR) is 81.0 cm³/mol. The van der Waals surface area contributed by atoms with Crippen molar-refractivity contribution in [3.63, 3.8) is 0 Å². The van der Waals surface area contributed by atoms with Crippen LogP contribution in [0.15, 0.2) is 46.7 Å². The minimum Gasteiger partial charge on any atom is -0.400 e. The van der Waals surface area contributed by atoms with Crippen LogP contribution in [0.2, 0.25) is 0 Å². The molecule has 3 aromatic rings. The number of nitrogens with one attached hydrogen (secondary N) is 2. The number of hydrazone groups is 1. The van der Waals surface area contributed by atoms with Crippen LogP contribution in [0.25, 0.3) is 0 Å². The topological polar surface area (TPSA) is 161 Å². The molecular weight excluding hydrogens is 334 g/mol. The van der Waals surface area contributed by atoms with Crippen LogP contribution in [0, 0.1) is 10.1 Å². The number of nitrogens with zero attached hydrogens (tertiary/aromatic N) is 5. The van der Waals surface area contributed by atoms with Crippen molar-refractivity contribution in [1.29, 1.82) is 0 Å². The number of carbonyl (C=O) groups is 2. The second-order valence-electron chi connectivity index (χ2n) is 4.53. The minimum atomic E-state index is -0.748. The van der Waals surface area contributed by atoms with Gasteiger partial charge in [-0.25, -0.2) is 15.4 Å². The SMILES string of the molecule is O=C(N/N=C/c1ccc([N+](=O)[O-])o1)c1nc[nH]c1C(=O)n1ccnc1. The molecule has 0 aromatic carbocycles. The quantitative estimate of drug-likeness (QED) is 0.388. The van der Waals surface area contributed by atoms with Crippen LogP contribution in [0.4, 0.5) is 5.88 Å². The number of furan rings is 1. The van der Waals surface area contributed by atoms with E-state index in [4.69, 9.17) is 4.42 Å². The number of carbonyl (C=O) groups excluding carboxylic acids is 2. The number of aromatic nitrogens is 4. The van der Waals surface area contributed by atoms with Crippen molar-refractivity contribution in [3.8, 4) is 0 Å². The van der Waals surface area contributed by atoms with Crippen LogP contribution in [0.1, 0.15) is 26.7 Å². The first-order valence-electron chi connectivity index (χ1n) is 6.70. The molecule has 12 heteroatoms. The Labute approximate surface area is 138 Å². The Morgan fingerprint density at radius 1 is 1.44 bits per heavy atom. The molecule has 0 spiro atoms. The first kappa shape index (κ1) is 15.8. The second-order valence-corrected chi connectivity index (χ2v) is 4.53. The second kappa shape index (κ2) is 6.57. The molecule has 0 unspecified atom stereocenters. The first-order chi connectivity index (χ1) is 12.1. The minimum absolute atomic E-state index is 0.0423. The van der Waals surface area contributed by atoms with Crippen LogP contribution in [0.5, 0.6) is 0 Å². The van der Waals surface area contributed by atoms with Gasteiger partial charge < -0.3 is 9.40 Å².